The Balaban J connectivity index is 1.34. The van der Waals surface area contributed by atoms with Gasteiger partial charge in [0.1, 0.15) is 0 Å². The Hall–Kier alpha value is -3.49. The van der Waals surface area contributed by atoms with E-state index in [1.165, 1.54) is 40.0 Å². The maximum atomic E-state index is 13.1. The first-order chi connectivity index (χ1) is 16.9. The number of carbonyl (C=O) groups excluding carboxylic acids is 2. The Morgan fingerprint density at radius 2 is 1.77 bits per heavy atom. The first-order valence-electron chi connectivity index (χ1n) is 11.7. The van der Waals surface area contributed by atoms with E-state index in [0.717, 1.165) is 10.9 Å². The molecular formula is C27H29N3O4S. The van der Waals surface area contributed by atoms with Crippen molar-refractivity contribution >= 4 is 32.6 Å². The van der Waals surface area contributed by atoms with Crippen molar-refractivity contribution < 1.29 is 18.0 Å². The Labute approximate surface area is 205 Å². The highest BCUT2D eigenvalue weighted by Crippen LogP contribution is 2.21. The number of sulfonamides is 1. The molecule has 4 rings (SSSR count). The number of amides is 2. The van der Waals surface area contributed by atoms with Crippen LogP contribution in [0.25, 0.3) is 10.8 Å². The number of piperidine rings is 1. The van der Waals surface area contributed by atoms with Crippen LogP contribution in [0.2, 0.25) is 0 Å². The Morgan fingerprint density at radius 3 is 2.51 bits per heavy atom. The lowest BCUT2D eigenvalue weighted by Gasteiger charge is -2.32. The zero-order chi connectivity index (χ0) is 24.8. The number of nitrogens with zero attached hydrogens (tertiary/aromatic N) is 1. The summed E-state index contributed by atoms with van der Waals surface area (Å²) in [6.45, 7) is 4.50. The molecule has 1 atom stereocenters. The van der Waals surface area contributed by atoms with Crippen LogP contribution in [-0.4, -0.2) is 50.2 Å². The van der Waals surface area contributed by atoms with Crippen molar-refractivity contribution in [3.05, 3.63) is 90.5 Å². The molecule has 2 amide bonds. The molecule has 0 aliphatic carbocycles. The van der Waals surface area contributed by atoms with Crippen molar-refractivity contribution in [2.75, 3.05) is 19.6 Å². The number of hydrogen-bond donors (Lipinski definition) is 2. The van der Waals surface area contributed by atoms with Crippen LogP contribution < -0.4 is 10.6 Å². The number of nitrogens with one attached hydrogen (secondary N) is 2. The Kier molecular flexibility index (Phi) is 7.63. The van der Waals surface area contributed by atoms with Crippen molar-refractivity contribution in [3.8, 4) is 0 Å². The summed E-state index contributed by atoms with van der Waals surface area (Å²) in [5.74, 6) is -0.565. The number of benzene rings is 3. The second-order valence-electron chi connectivity index (χ2n) is 8.63. The van der Waals surface area contributed by atoms with Crippen LogP contribution in [0.5, 0.6) is 0 Å². The molecule has 3 aromatic carbocycles. The van der Waals surface area contributed by atoms with E-state index in [0.29, 0.717) is 37.9 Å². The number of rotatable bonds is 8. The third-order valence-corrected chi connectivity index (χ3v) is 8.06. The van der Waals surface area contributed by atoms with Crippen LogP contribution in [0, 0.1) is 0 Å². The summed E-state index contributed by atoms with van der Waals surface area (Å²) in [6, 6.07) is 20.1. The average molecular weight is 492 g/mol. The van der Waals surface area contributed by atoms with Crippen LogP contribution >= 0.6 is 0 Å². The van der Waals surface area contributed by atoms with Gasteiger partial charge in [-0.25, -0.2) is 8.42 Å². The number of carbonyl (C=O) groups is 2. The lowest BCUT2D eigenvalue weighted by Crippen LogP contribution is -2.49. The summed E-state index contributed by atoms with van der Waals surface area (Å²) in [5, 5.41) is 8.01. The molecule has 0 bridgehead atoms. The monoisotopic (exact) mass is 491 g/mol. The van der Waals surface area contributed by atoms with Gasteiger partial charge in [-0.3, -0.25) is 9.59 Å². The van der Waals surface area contributed by atoms with E-state index in [1.54, 1.807) is 0 Å². The van der Waals surface area contributed by atoms with E-state index in [-0.39, 0.29) is 29.3 Å². The van der Waals surface area contributed by atoms with Gasteiger partial charge in [0.25, 0.3) is 5.91 Å². The smallest absolute Gasteiger partial charge is 0.251 e. The minimum atomic E-state index is -3.73. The summed E-state index contributed by atoms with van der Waals surface area (Å²) in [6.07, 6.45) is 3.24. The SMILES string of the molecule is C=CC(=O)N[C@H]1CCCN(S(=O)(=O)c2ccc(C(=O)NCCc3ccc4ccccc4c3)cc2)C1. The molecular weight excluding hydrogens is 462 g/mol. The predicted octanol–water partition coefficient (Wildman–Crippen LogP) is 3.27. The molecule has 35 heavy (non-hydrogen) atoms. The second kappa shape index (κ2) is 10.8. The Bertz CT molecular complexity index is 1340. The maximum Gasteiger partial charge on any atom is 0.251 e. The first-order valence-corrected chi connectivity index (χ1v) is 13.1. The van der Waals surface area contributed by atoms with E-state index in [1.807, 2.05) is 12.1 Å². The van der Waals surface area contributed by atoms with Crippen molar-refractivity contribution in [1.82, 2.24) is 14.9 Å². The fourth-order valence-corrected chi connectivity index (χ4v) is 5.81. The summed E-state index contributed by atoms with van der Waals surface area (Å²) in [7, 11) is -3.73. The van der Waals surface area contributed by atoms with Gasteiger partial charge in [-0.15, -0.1) is 0 Å². The van der Waals surface area contributed by atoms with E-state index >= 15 is 0 Å². The summed E-state index contributed by atoms with van der Waals surface area (Å²) >= 11 is 0. The van der Waals surface area contributed by atoms with Crippen molar-refractivity contribution in [3.63, 3.8) is 0 Å². The molecule has 7 nitrogen and oxygen atoms in total. The highest BCUT2D eigenvalue weighted by molar-refractivity contribution is 7.89. The molecule has 3 aromatic rings. The molecule has 8 heteroatoms. The van der Waals surface area contributed by atoms with Gasteiger partial charge in [0.05, 0.1) is 4.90 Å². The van der Waals surface area contributed by atoms with E-state index in [2.05, 4.69) is 47.5 Å². The second-order valence-corrected chi connectivity index (χ2v) is 10.6. The van der Waals surface area contributed by atoms with Gasteiger partial charge < -0.3 is 10.6 Å². The molecule has 2 N–H and O–H groups in total. The number of fused-ring (bicyclic) bond motifs is 1. The van der Waals surface area contributed by atoms with Crippen LogP contribution in [0.4, 0.5) is 0 Å². The van der Waals surface area contributed by atoms with Gasteiger partial charge in [-0.1, -0.05) is 49.0 Å². The number of hydrogen-bond acceptors (Lipinski definition) is 4. The Morgan fingerprint density at radius 1 is 1.03 bits per heavy atom. The molecule has 0 saturated carbocycles. The topological polar surface area (TPSA) is 95.6 Å². The fraction of sp³-hybridized carbons (Fsp3) is 0.259. The van der Waals surface area contributed by atoms with Gasteiger partial charge in [0.2, 0.25) is 15.9 Å². The molecule has 182 valence electrons. The molecule has 1 saturated heterocycles. The molecule has 0 unspecified atom stereocenters. The highest BCUT2D eigenvalue weighted by atomic mass is 32.2. The lowest BCUT2D eigenvalue weighted by atomic mass is 10.1. The lowest BCUT2D eigenvalue weighted by molar-refractivity contribution is -0.117. The zero-order valence-electron chi connectivity index (χ0n) is 19.4. The normalized spacial score (nSPS) is 16.5. The molecule has 0 aromatic heterocycles. The predicted molar refractivity (Wildman–Crippen MR) is 137 cm³/mol. The molecule has 0 radical (unpaired) electrons. The minimum Gasteiger partial charge on any atom is -0.352 e. The van der Waals surface area contributed by atoms with E-state index in [4.69, 9.17) is 0 Å². The van der Waals surface area contributed by atoms with Gasteiger partial charge in [0, 0.05) is 31.2 Å². The summed E-state index contributed by atoms with van der Waals surface area (Å²) in [5.41, 5.74) is 1.53. The maximum absolute atomic E-state index is 13.1. The molecule has 0 spiro atoms. The largest absolute Gasteiger partial charge is 0.352 e. The third kappa shape index (κ3) is 5.96. The summed E-state index contributed by atoms with van der Waals surface area (Å²) in [4.78, 5) is 24.3. The van der Waals surface area contributed by atoms with Gasteiger partial charge in [0.15, 0.2) is 0 Å². The molecule has 1 aliphatic rings. The van der Waals surface area contributed by atoms with Crippen LogP contribution in [0.1, 0.15) is 28.8 Å². The minimum absolute atomic E-state index is 0.126. The van der Waals surface area contributed by atoms with Gasteiger partial charge >= 0.3 is 0 Å². The average Bonchev–Trinajstić information content (AvgIpc) is 2.88. The first kappa shape index (κ1) is 24.6. The van der Waals surface area contributed by atoms with E-state index in [9.17, 15) is 18.0 Å². The van der Waals surface area contributed by atoms with Gasteiger partial charge in [-0.2, -0.15) is 4.31 Å². The third-order valence-electron chi connectivity index (χ3n) is 6.18. The molecule has 1 heterocycles. The standard InChI is InChI=1S/C27H29N3O4S/c1-2-26(31)29-24-8-5-17-30(19-24)35(33,34)25-13-11-22(12-14-25)27(32)28-16-15-20-9-10-21-6-3-4-7-23(21)18-20/h2-4,6-7,9-14,18,24H,1,5,8,15-17,19H2,(H,28,32)(H,29,31)/t24-/m0/s1. The van der Waals surface area contributed by atoms with Gasteiger partial charge in [-0.05, 0) is 65.9 Å². The molecule has 1 fully saturated rings. The van der Waals surface area contributed by atoms with Crippen molar-refractivity contribution in [1.29, 1.82) is 0 Å². The summed E-state index contributed by atoms with van der Waals surface area (Å²) < 4.78 is 27.5. The van der Waals surface area contributed by atoms with Crippen LogP contribution in [0.3, 0.4) is 0 Å². The quantitative estimate of drug-likeness (QED) is 0.473. The van der Waals surface area contributed by atoms with Crippen molar-refractivity contribution in [2.45, 2.75) is 30.2 Å². The fourth-order valence-electron chi connectivity index (χ4n) is 4.28. The zero-order valence-corrected chi connectivity index (χ0v) is 20.3. The van der Waals surface area contributed by atoms with E-state index < -0.39 is 10.0 Å². The molecule has 1 aliphatic heterocycles. The highest BCUT2D eigenvalue weighted by Gasteiger charge is 2.30. The van der Waals surface area contributed by atoms with Crippen LogP contribution in [-0.2, 0) is 21.2 Å². The van der Waals surface area contributed by atoms with Crippen LogP contribution in [0.15, 0.2) is 84.3 Å². The van der Waals surface area contributed by atoms with Crippen molar-refractivity contribution in [2.24, 2.45) is 0 Å².